The topological polar surface area (TPSA) is 101 Å². The van der Waals surface area contributed by atoms with Gasteiger partial charge in [0.15, 0.2) is 0 Å². The second-order valence-corrected chi connectivity index (χ2v) is 5.32. The number of rotatable bonds is 3. The number of anilines is 1. The zero-order chi connectivity index (χ0) is 14.7. The van der Waals surface area contributed by atoms with Crippen LogP contribution in [0.3, 0.4) is 0 Å². The predicted octanol–water partition coefficient (Wildman–Crippen LogP) is 0.877. The Morgan fingerprint density at radius 3 is 3.00 bits per heavy atom. The van der Waals surface area contributed by atoms with Crippen molar-refractivity contribution < 1.29 is 4.79 Å². The molecule has 3 rings (SSSR count). The molecule has 1 saturated heterocycles. The first kappa shape index (κ1) is 13.5. The first-order valence-corrected chi connectivity index (χ1v) is 7.08. The molecule has 1 aliphatic rings. The number of hydrogen-bond acceptors (Lipinski definition) is 5. The molecule has 1 amide bonds. The minimum absolute atomic E-state index is 0.00400. The van der Waals surface area contributed by atoms with Crippen molar-refractivity contribution in [3.8, 4) is 0 Å². The lowest BCUT2D eigenvalue weighted by atomic mass is 9.93. The van der Waals surface area contributed by atoms with Gasteiger partial charge in [0.05, 0.1) is 5.69 Å². The molecule has 2 aromatic heterocycles. The Morgan fingerprint density at radius 1 is 1.38 bits per heavy atom. The summed E-state index contributed by atoms with van der Waals surface area (Å²) in [4.78, 5) is 22.5. The fourth-order valence-electron chi connectivity index (χ4n) is 2.77. The molecule has 7 heteroatoms. The molecule has 1 aliphatic heterocycles. The average Bonchev–Trinajstić information content (AvgIpc) is 3.03. The maximum Gasteiger partial charge on any atom is 0.271 e. The molecule has 0 radical (unpaired) electrons. The van der Waals surface area contributed by atoms with Crippen molar-refractivity contribution in [1.82, 2.24) is 25.1 Å². The lowest BCUT2D eigenvalue weighted by Crippen LogP contribution is -2.40. The van der Waals surface area contributed by atoms with Crippen molar-refractivity contribution >= 4 is 11.7 Å². The van der Waals surface area contributed by atoms with Crippen LogP contribution in [0.4, 0.5) is 5.82 Å². The second kappa shape index (κ2) is 5.90. The number of nitrogens with one attached hydrogen (secondary N) is 1. The maximum atomic E-state index is 12.3. The number of nitrogen functional groups attached to an aromatic ring is 1. The van der Waals surface area contributed by atoms with Crippen molar-refractivity contribution in [2.75, 3.05) is 18.8 Å². The molecular formula is C14H18N6O. The minimum atomic E-state index is 0.00400. The summed E-state index contributed by atoms with van der Waals surface area (Å²) < 4.78 is 0. The van der Waals surface area contributed by atoms with Gasteiger partial charge in [-0.3, -0.25) is 14.9 Å². The molecule has 110 valence electrons. The van der Waals surface area contributed by atoms with Gasteiger partial charge >= 0.3 is 0 Å². The van der Waals surface area contributed by atoms with Gasteiger partial charge in [0.25, 0.3) is 5.91 Å². The molecule has 21 heavy (non-hydrogen) atoms. The largest absolute Gasteiger partial charge is 0.382 e. The molecule has 0 bridgehead atoms. The number of aromatic amines is 1. The lowest BCUT2D eigenvalue weighted by Gasteiger charge is -2.32. The van der Waals surface area contributed by atoms with E-state index in [9.17, 15) is 4.79 Å². The number of aromatic nitrogens is 4. The van der Waals surface area contributed by atoms with Crippen LogP contribution in [0.1, 0.15) is 29.0 Å². The zero-order valence-electron chi connectivity index (χ0n) is 11.7. The summed E-state index contributed by atoms with van der Waals surface area (Å²) in [6, 6.07) is 1.70. The van der Waals surface area contributed by atoms with Gasteiger partial charge in [-0.1, -0.05) is 0 Å². The predicted molar refractivity (Wildman–Crippen MR) is 77.4 cm³/mol. The van der Waals surface area contributed by atoms with Crippen molar-refractivity contribution in [3.05, 3.63) is 36.0 Å². The second-order valence-electron chi connectivity index (χ2n) is 5.32. The third-order valence-corrected chi connectivity index (χ3v) is 3.83. The van der Waals surface area contributed by atoms with Gasteiger partial charge < -0.3 is 10.6 Å². The van der Waals surface area contributed by atoms with E-state index in [1.807, 2.05) is 4.90 Å². The third-order valence-electron chi connectivity index (χ3n) is 3.83. The van der Waals surface area contributed by atoms with Crippen LogP contribution in [0, 0.1) is 5.92 Å². The molecule has 2 aromatic rings. The van der Waals surface area contributed by atoms with Gasteiger partial charge in [-0.05, 0) is 31.2 Å². The number of carbonyl (C=O) groups excluding carboxylic acids is 1. The smallest absolute Gasteiger partial charge is 0.271 e. The van der Waals surface area contributed by atoms with Gasteiger partial charge in [-0.25, -0.2) is 4.98 Å². The Kier molecular flexibility index (Phi) is 3.81. The van der Waals surface area contributed by atoms with Gasteiger partial charge in [-0.15, -0.1) is 0 Å². The van der Waals surface area contributed by atoms with E-state index in [2.05, 4.69) is 20.2 Å². The van der Waals surface area contributed by atoms with Gasteiger partial charge in [0, 0.05) is 31.7 Å². The molecule has 0 aromatic carbocycles. The normalized spacial score (nSPS) is 18.7. The van der Waals surface area contributed by atoms with Crippen LogP contribution < -0.4 is 5.73 Å². The van der Waals surface area contributed by atoms with E-state index in [0.29, 0.717) is 24.0 Å². The monoisotopic (exact) mass is 286 g/mol. The van der Waals surface area contributed by atoms with Crippen LogP contribution in [0.25, 0.3) is 0 Å². The Balaban J connectivity index is 1.66. The molecule has 0 aliphatic carbocycles. The fraction of sp³-hybridized carbons (Fsp3) is 0.429. The van der Waals surface area contributed by atoms with E-state index in [0.717, 1.165) is 31.5 Å². The first-order chi connectivity index (χ1) is 10.2. The molecule has 7 nitrogen and oxygen atoms in total. The van der Waals surface area contributed by atoms with Gasteiger partial charge in [0.1, 0.15) is 11.5 Å². The molecule has 0 saturated carbocycles. The van der Waals surface area contributed by atoms with Crippen LogP contribution >= 0.6 is 0 Å². The lowest BCUT2D eigenvalue weighted by molar-refractivity contribution is 0.0667. The molecular weight excluding hydrogens is 268 g/mol. The number of amides is 1. The number of nitrogens with two attached hydrogens (primary N) is 1. The minimum Gasteiger partial charge on any atom is -0.382 e. The Bertz CT molecular complexity index is 612. The molecule has 3 N–H and O–H groups in total. The highest BCUT2D eigenvalue weighted by molar-refractivity contribution is 5.92. The summed E-state index contributed by atoms with van der Waals surface area (Å²) in [6.07, 6.45) is 7.66. The summed E-state index contributed by atoms with van der Waals surface area (Å²) >= 11 is 0. The van der Waals surface area contributed by atoms with Gasteiger partial charge in [-0.2, -0.15) is 5.10 Å². The number of likely N-dealkylation sites (tertiary alicyclic amines) is 1. The summed E-state index contributed by atoms with van der Waals surface area (Å²) in [6.45, 7) is 1.50. The number of carbonyl (C=O) groups is 1. The SMILES string of the molecule is Nc1nccnc1CC1CCCN(C(=O)c2ccn[nH]2)C1. The Labute approximate surface area is 122 Å². The average molecular weight is 286 g/mol. The van der Waals surface area contributed by atoms with Crippen LogP contribution in [0.2, 0.25) is 0 Å². The molecule has 0 spiro atoms. The fourth-order valence-corrected chi connectivity index (χ4v) is 2.77. The standard InChI is InChI=1S/C14H18N6O/c15-13-12(16-5-6-17-13)8-10-2-1-7-20(9-10)14(21)11-3-4-18-19-11/h3-6,10H,1-2,7-9H2,(H2,15,17)(H,18,19). The number of H-pyrrole nitrogens is 1. The van der Waals surface area contributed by atoms with Crippen LogP contribution in [-0.2, 0) is 6.42 Å². The number of nitrogens with zero attached hydrogens (tertiary/aromatic N) is 4. The highest BCUT2D eigenvalue weighted by atomic mass is 16.2. The van der Waals surface area contributed by atoms with Crippen molar-refractivity contribution in [3.63, 3.8) is 0 Å². The quantitative estimate of drug-likeness (QED) is 0.872. The first-order valence-electron chi connectivity index (χ1n) is 7.08. The summed E-state index contributed by atoms with van der Waals surface area (Å²) in [5.74, 6) is 0.850. The van der Waals surface area contributed by atoms with E-state index >= 15 is 0 Å². The van der Waals surface area contributed by atoms with E-state index in [4.69, 9.17) is 5.73 Å². The third kappa shape index (κ3) is 3.01. The van der Waals surface area contributed by atoms with Crippen molar-refractivity contribution in [1.29, 1.82) is 0 Å². The molecule has 1 fully saturated rings. The van der Waals surface area contributed by atoms with Crippen LogP contribution in [0.15, 0.2) is 24.7 Å². The van der Waals surface area contributed by atoms with Crippen LogP contribution in [0.5, 0.6) is 0 Å². The van der Waals surface area contributed by atoms with E-state index in [1.54, 1.807) is 24.7 Å². The number of piperidine rings is 1. The van der Waals surface area contributed by atoms with Crippen molar-refractivity contribution in [2.45, 2.75) is 19.3 Å². The summed E-state index contributed by atoms with van der Waals surface area (Å²) in [5.41, 5.74) is 7.20. The Hall–Kier alpha value is -2.44. The van der Waals surface area contributed by atoms with Gasteiger partial charge in [0.2, 0.25) is 0 Å². The summed E-state index contributed by atoms with van der Waals surface area (Å²) in [7, 11) is 0. The van der Waals surface area contributed by atoms with E-state index in [-0.39, 0.29) is 5.91 Å². The molecule has 3 heterocycles. The number of hydrogen-bond donors (Lipinski definition) is 2. The molecule has 1 unspecified atom stereocenters. The van der Waals surface area contributed by atoms with E-state index < -0.39 is 0 Å². The van der Waals surface area contributed by atoms with E-state index in [1.165, 1.54) is 0 Å². The Morgan fingerprint density at radius 2 is 2.24 bits per heavy atom. The highest BCUT2D eigenvalue weighted by Crippen LogP contribution is 2.22. The maximum absolute atomic E-state index is 12.3. The van der Waals surface area contributed by atoms with Crippen molar-refractivity contribution in [2.24, 2.45) is 5.92 Å². The zero-order valence-corrected chi connectivity index (χ0v) is 11.7. The molecule has 1 atom stereocenters. The van der Waals surface area contributed by atoms with Crippen LogP contribution in [-0.4, -0.2) is 44.1 Å². The highest BCUT2D eigenvalue weighted by Gasteiger charge is 2.26. The summed E-state index contributed by atoms with van der Waals surface area (Å²) in [5, 5.41) is 6.55.